The molecule has 0 aromatic heterocycles. The number of hydrogen-bond acceptors (Lipinski definition) is 3. The largest absolute Gasteiger partial charge is 0.490 e. The van der Waals surface area contributed by atoms with Crippen LogP contribution in [-0.4, -0.2) is 13.2 Å². The summed E-state index contributed by atoms with van der Waals surface area (Å²) in [6, 6.07) is 14.6. The van der Waals surface area contributed by atoms with Gasteiger partial charge in [-0.05, 0) is 38.4 Å². The third-order valence-corrected chi connectivity index (χ3v) is 4.14. The van der Waals surface area contributed by atoms with Gasteiger partial charge in [0.25, 0.3) is 0 Å². The number of rotatable bonds is 11. The maximum Gasteiger partial charge on any atom is 0.166 e. The Balaban J connectivity index is 2.04. The van der Waals surface area contributed by atoms with Gasteiger partial charge in [0.05, 0.1) is 6.61 Å². The van der Waals surface area contributed by atoms with Crippen molar-refractivity contribution in [2.24, 2.45) is 0 Å². The lowest BCUT2D eigenvalue weighted by atomic mass is 10.1. The molecular formula is C22H31NO2. The molecule has 136 valence electrons. The maximum atomic E-state index is 6.16. The highest BCUT2D eigenvalue weighted by molar-refractivity contribution is 5.46. The highest BCUT2D eigenvalue weighted by atomic mass is 16.5. The van der Waals surface area contributed by atoms with E-state index in [4.69, 9.17) is 9.47 Å². The van der Waals surface area contributed by atoms with E-state index in [-0.39, 0.29) is 0 Å². The smallest absolute Gasteiger partial charge is 0.166 e. The van der Waals surface area contributed by atoms with Crippen LogP contribution in [0.1, 0.15) is 49.8 Å². The molecule has 0 saturated carbocycles. The highest BCUT2D eigenvalue weighted by Gasteiger charge is 2.11. The lowest BCUT2D eigenvalue weighted by Gasteiger charge is -2.16. The molecule has 0 aliphatic rings. The van der Waals surface area contributed by atoms with Crippen molar-refractivity contribution >= 4 is 0 Å². The Bertz CT molecular complexity index is 622. The van der Waals surface area contributed by atoms with Crippen LogP contribution in [0.15, 0.2) is 42.5 Å². The van der Waals surface area contributed by atoms with E-state index >= 15 is 0 Å². The SMILES string of the molecule is CCCCCNCc1cccc(OCC)c1OCc1ccc(C)cc1. The molecule has 2 aromatic rings. The molecule has 0 radical (unpaired) electrons. The fraction of sp³-hybridized carbons (Fsp3) is 0.455. The Hall–Kier alpha value is -2.00. The first-order valence-electron chi connectivity index (χ1n) is 9.38. The first-order valence-corrected chi connectivity index (χ1v) is 9.38. The first-order chi connectivity index (χ1) is 12.2. The van der Waals surface area contributed by atoms with Gasteiger partial charge in [-0.2, -0.15) is 0 Å². The first kappa shape index (κ1) is 19.3. The Morgan fingerprint density at radius 2 is 1.72 bits per heavy atom. The molecule has 0 bridgehead atoms. The normalized spacial score (nSPS) is 10.7. The van der Waals surface area contributed by atoms with Crippen LogP contribution in [-0.2, 0) is 13.2 Å². The van der Waals surface area contributed by atoms with E-state index < -0.39 is 0 Å². The van der Waals surface area contributed by atoms with E-state index in [1.165, 1.54) is 30.4 Å². The zero-order chi connectivity index (χ0) is 17.9. The molecule has 0 amide bonds. The van der Waals surface area contributed by atoms with Crippen molar-refractivity contribution in [1.82, 2.24) is 5.32 Å². The van der Waals surface area contributed by atoms with Crippen molar-refractivity contribution in [3.8, 4) is 11.5 Å². The summed E-state index contributed by atoms with van der Waals surface area (Å²) in [6.07, 6.45) is 3.72. The van der Waals surface area contributed by atoms with Crippen molar-refractivity contribution in [1.29, 1.82) is 0 Å². The number of hydrogen-bond donors (Lipinski definition) is 1. The van der Waals surface area contributed by atoms with Crippen molar-refractivity contribution < 1.29 is 9.47 Å². The molecule has 2 aromatic carbocycles. The molecule has 1 N–H and O–H groups in total. The summed E-state index contributed by atoms with van der Waals surface area (Å²) in [4.78, 5) is 0. The summed E-state index contributed by atoms with van der Waals surface area (Å²) < 4.78 is 11.9. The van der Waals surface area contributed by atoms with Crippen LogP contribution >= 0.6 is 0 Å². The number of para-hydroxylation sites is 1. The van der Waals surface area contributed by atoms with E-state index in [1.54, 1.807) is 0 Å². The molecule has 0 atom stereocenters. The standard InChI is InChI=1S/C22H31NO2/c1-4-6-7-15-23-16-20-9-8-10-21(24-5-2)22(20)25-17-19-13-11-18(3)12-14-19/h8-14,23H,4-7,15-17H2,1-3H3. The van der Waals surface area contributed by atoms with Gasteiger partial charge in [0.15, 0.2) is 11.5 Å². The van der Waals surface area contributed by atoms with Crippen molar-refractivity contribution in [3.05, 3.63) is 59.2 Å². The van der Waals surface area contributed by atoms with Crippen LogP contribution < -0.4 is 14.8 Å². The Labute approximate surface area is 152 Å². The molecule has 3 nitrogen and oxygen atoms in total. The summed E-state index contributed by atoms with van der Waals surface area (Å²) in [7, 11) is 0. The average molecular weight is 341 g/mol. The highest BCUT2D eigenvalue weighted by Crippen LogP contribution is 2.32. The molecule has 0 fully saturated rings. The van der Waals surface area contributed by atoms with Crippen molar-refractivity contribution in [3.63, 3.8) is 0 Å². The molecular weight excluding hydrogens is 310 g/mol. The van der Waals surface area contributed by atoms with E-state index in [2.05, 4.69) is 49.5 Å². The minimum absolute atomic E-state index is 0.549. The van der Waals surface area contributed by atoms with Crippen LogP contribution in [0, 0.1) is 6.92 Å². The van der Waals surface area contributed by atoms with Gasteiger partial charge < -0.3 is 14.8 Å². The number of nitrogens with one attached hydrogen (secondary N) is 1. The van der Waals surface area contributed by atoms with E-state index in [1.807, 2.05) is 19.1 Å². The fourth-order valence-corrected chi connectivity index (χ4v) is 2.70. The average Bonchev–Trinajstić information content (AvgIpc) is 2.62. The van der Waals surface area contributed by atoms with E-state index in [0.717, 1.165) is 30.2 Å². The van der Waals surface area contributed by atoms with Gasteiger partial charge in [-0.25, -0.2) is 0 Å². The second-order valence-corrected chi connectivity index (χ2v) is 6.34. The molecule has 0 saturated heterocycles. The summed E-state index contributed by atoms with van der Waals surface area (Å²) in [5.74, 6) is 1.68. The van der Waals surface area contributed by atoms with Crippen LogP contribution in [0.5, 0.6) is 11.5 Å². The second kappa shape index (κ2) is 10.8. The van der Waals surface area contributed by atoms with E-state index in [0.29, 0.717) is 13.2 Å². The predicted octanol–water partition coefficient (Wildman–Crippen LogP) is 5.25. The van der Waals surface area contributed by atoms with Crippen LogP contribution in [0.2, 0.25) is 0 Å². The number of unbranched alkanes of at least 4 members (excludes halogenated alkanes) is 2. The van der Waals surface area contributed by atoms with Gasteiger partial charge >= 0.3 is 0 Å². The summed E-state index contributed by atoms with van der Waals surface area (Å²) in [6.45, 7) is 9.33. The third kappa shape index (κ3) is 6.43. The number of benzene rings is 2. The van der Waals surface area contributed by atoms with Gasteiger partial charge in [0.1, 0.15) is 6.61 Å². The summed E-state index contributed by atoms with van der Waals surface area (Å²) in [5.41, 5.74) is 3.57. The molecule has 3 heteroatoms. The van der Waals surface area contributed by atoms with Gasteiger partial charge in [-0.3, -0.25) is 0 Å². The molecule has 0 spiro atoms. The molecule has 0 heterocycles. The molecule has 0 unspecified atom stereocenters. The quantitative estimate of drug-likeness (QED) is 0.566. The minimum atomic E-state index is 0.549. The summed E-state index contributed by atoms with van der Waals surface area (Å²) >= 11 is 0. The maximum absolute atomic E-state index is 6.16. The predicted molar refractivity (Wildman–Crippen MR) is 104 cm³/mol. The Morgan fingerprint density at radius 3 is 2.44 bits per heavy atom. The molecule has 0 aliphatic heterocycles. The van der Waals surface area contributed by atoms with E-state index in [9.17, 15) is 0 Å². The third-order valence-electron chi connectivity index (χ3n) is 4.14. The number of ether oxygens (including phenoxy) is 2. The van der Waals surface area contributed by atoms with Crippen LogP contribution in [0.4, 0.5) is 0 Å². The zero-order valence-electron chi connectivity index (χ0n) is 15.8. The van der Waals surface area contributed by atoms with Gasteiger partial charge in [-0.1, -0.05) is 61.7 Å². The second-order valence-electron chi connectivity index (χ2n) is 6.34. The van der Waals surface area contributed by atoms with Crippen molar-refractivity contribution in [2.75, 3.05) is 13.2 Å². The zero-order valence-corrected chi connectivity index (χ0v) is 15.8. The lowest BCUT2D eigenvalue weighted by Crippen LogP contribution is -2.15. The van der Waals surface area contributed by atoms with Gasteiger partial charge in [0, 0.05) is 12.1 Å². The molecule has 25 heavy (non-hydrogen) atoms. The minimum Gasteiger partial charge on any atom is -0.490 e. The Morgan fingerprint density at radius 1 is 0.920 bits per heavy atom. The van der Waals surface area contributed by atoms with Crippen LogP contribution in [0.25, 0.3) is 0 Å². The topological polar surface area (TPSA) is 30.5 Å². The van der Waals surface area contributed by atoms with Gasteiger partial charge in [0.2, 0.25) is 0 Å². The fourth-order valence-electron chi connectivity index (χ4n) is 2.70. The monoisotopic (exact) mass is 341 g/mol. The number of aryl methyl sites for hydroxylation is 1. The van der Waals surface area contributed by atoms with Crippen LogP contribution in [0.3, 0.4) is 0 Å². The Kier molecular flexibility index (Phi) is 8.33. The molecule has 0 aliphatic carbocycles. The lowest BCUT2D eigenvalue weighted by molar-refractivity contribution is 0.266. The molecule has 2 rings (SSSR count). The summed E-state index contributed by atoms with van der Waals surface area (Å²) in [5, 5.41) is 3.52. The van der Waals surface area contributed by atoms with Gasteiger partial charge in [-0.15, -0.1) is 0 Å². The van der Waals surface area contributed by atoms with Crippen molar-refractivity contribution in [2.45, 2.75) is 53.2 Å².